The monoisotopic (exact) mass is 391 g/mol. The second-order valence-corrected chi connectivity index (χ2v) is 7.30. The van der Waals surface area contributed by atoms with E-state index in [9.17, 15) is 4.79 Å². The summed E-state index contributed by atoms with van der Waals surface area (Å²) in [6.45, 7) is 4.20. The number of hydrogen-bond donors (Lipinski definition) is 1. The standard InChI is InChI=1S/C20H23Cl2N3O/c1-23-17-6-7-18(19(22)14-17)20(26)25-12-10-24(11-13-25)9-8-15-2-4-16(21)5-3-15/h2-7,14,23H,8-13H2,1H3. The van der Waals surface area contributed by atoms with Crippen molar-refractivity contribution in [1.82, 2.24) is 9.80 Å². The maximum Gasteiger partial charge on any atom is 0.255 e. The number of hydrogen-bond acceptors (Lipinski definition) is 3. The van der Waals surface area contributed by atoms with Crippen molar-refractivity contribution in [1.29, 1.82) is 0 Å². The average molecular weight is 392 g/mol. The van der Waals surface area contributed by atoms with E-state index >= 15 is 0 Å². The molecule has 0 spiro atoms. The van der Waals surface area contributed by atoms with Gasteiger partial charge in [-0.3, -0.25) is 9.69 Å². The van der Waals surface area contributed by atoms with Crippen molar-refractivity contribution in [2.45, 2.75) is 6.42 Å². The predicted molar refractivity (Wildman–Crippen MR) is 108 cm³/mol. The zero-order valence-electron chi connectivity index (χ0n) is 14.8. The number of carbonyl (C=O) groups excluding carboxylic acids is 1. The molecule has 138 valence electrons. The van der Waals surface area contributed by atoms with E-state index < -0.39 is 0 Å². The Balaban J connectivity index is 1.51. The van der Waals surface area contributed by atoms with E-state index in [0.717, 1.165) is 49.9 Å². The third-order valence-electron chi connectivity index (χ3n) is 4.78. The molecule has 0 aromatic heterocycles. The van der Waals surface area contributed by atoms with Crippen LogP contribution < -0.4 is 5.32 Å². The third kappa shape index (κ3) is 4.70. The van der Waals surface area contributed by atoms with Gasteiger partial charge in [0.15, 0.2) is 0 Å². The van der Waals surface area contributed by atoms with Gasteiger partial charge in [0.05, 0.1) is 10.6 Å². The zero-order chi connectivity index (χ0) is 18.5. The minimum atomic E-state index is 0.00926. The highest BCUT2D eigenvalue weighted by Gasteiger charge is 2.23. The van der Waals surface area contributed by atoms with Crippen LogP contribution in [0.2, 0.25) is 10.0 Å². The van der Waals surface area contributed by atoms with Crippen molar-refractivity contribution in [3.8, 4) is 0 Å². The SMILES string of the molecule is CNc1ccc(C(=O)N2CCN(CCc3ccc(Cl)cc3)CC2)c(Cl)c1. The molecule has 1 saturated heterocycles. The molecule has 1 N–H and O–H groups in total. The van der Waals surface area contributed by atoms with Gasteiger partial charge in [-0.25, -0.2) is 0 Å². The lowest BCUT2D eigenvalue weighted by atomic mass is 10.1. The maximum absolute atomic E-state index is 12.7. The van der Waals surface area contributed by atoms with Gasteiger partial charge in [0, 0.05) is 50.5 Å². The summed E-state index contributed by atoms with van der Waals surface area (Å²) in [6, 6.07) is 13.5. The first-order valence-electron chi connectivity index (χ1n) is 8.80. The molecule has 1 aliphatic heterocycles. The highest BCUT2D eigenvalue weighted by atomic mass is 35.5. The molecular formula is C20H23Cl2N3O. The summed E-state index contributed by atoms with van der Waals surface area (Å²) in [7, 11) is 1.83. The predicted octanol–water partition coefficient (Wildman–Crippen LogP) is 4.04. The Bertz CT molecular complexity index is 756. The lowest BCUT2D eigenvalue weighted by Gasteiger charge is -2.35. The number of halogens is 2. The van der Waals surface area contributed by atoms with Crippen molar-refractivity contribution in [3.05, 3.63) is 63.6 Å². The van der Waals surface area contributed by atoms with Gasteiger partial charge in [0.1, 0.15) is 0 Å². The minimum absolute atomic E-state index is 0.00926. The fourth-order valence-corrected chi connectivity index (χ4v) is 3.51. The Kier molecular flexibility index (Phi) is 6.41. The lowest BCUT2D eigenvalue weighted by Crippen LogP contribution is -2.49. The number of rotatable bonds is 5. The van der Waals surface area contributed by atoms with Crippen molar-refractivity contribution in [2.75, 3.05) is 45.1 Å². The summed E-state index contributed by atoms with van der Waals surface area (Å²) in [5.41, 5.74) is 2.75. The first-order valence-corrected chi connectivity index (χ1v) is 9.56. The number of benzene rings is 2. The summed E-state index contributed by atoms with van der Waals surface area (Å²) in [4.78, 5) is 17.0. The van der Waals surface area contributed by atoms with E-state index in [4.69, 9.17) is 23.2 Å². The second-order valence-electron chi connectivity index (χ2n) is 6.45. The molecule has 6 heteroatoms. The molecule has 4 nitrogen and oxygen atoms in total. The Labute approximate surface area is 164 Å². The highest BCUT2D eigenvalue weighted by molar-refractivity contribution is 6.34. The number of piperazine rings is 1. The quantitative estimate of drug-likeness (QED) is 0.835. The van der Waals surface area contributed by atoms with Gasteiger partial charge >= 0.3 is 0 Å². The van der Waals surface area contributed by atoms with Gasteiger partial charge in [-0.2, -0.15) is 0 Å². The molecule has 1 amide bonds. The van der Waals surface area contributed by atoms with Gasteiger partial charge in [0.2, 0.25) is 0 Å². The second kappa shape index (κ2) is 8.76. The molecule has 1 fully saturated rings. The maximum atomic E-state index is 12.7. The number of amides is 1. The van der Waals surface area contributed by atoms with Crippen molar-refractivity contribution in [2.24, 2.45) is 0 Å². The summed E-state index contributed by atoms with van der Waals surface area (Å²) in [5.74, 6) is 0.00926. The Morgan fingerprint density at radius 2 is 1.73 bits per heavy atom. The normalized spacial score (nSPS) is 15.1. The van der Waals surface area contributed by atoms with Crippen molar-refractivity contribution >= 4 is 34.8 Å². The van der Waals surface area contributed by atoms with E-state index in [-0.39, 0.29) is 5.91 Å². The summed E-state index contributed by atoms with van der Waals surface area (Å²) < 4.78 is 0. The topological polar surface area (TPSA) is 35.6 Å². The first-order chi connectivity index (χ1) is 12.6. The Morgan fingerprint density at radius 1 is 1.04 bits per heavy atom. The van der Waals surface area contributed by atoms with Gasteiger partial charge in [-0.1, -0.05) is 35.3 Å². The zero-order valence-corrected chi connectivity index (χ0v) is 16.4. The molecule has 0 bridgehead atoms. The molecular weight excluding hydrogens is 369 g/mol. The van der Waals surface area contributed by atoms with E-state index in [0.29, 0.717) is 10.6 Å². The fraction of sp³-hybridized carbons (Fsp3) is 0.350. The lowest BCUT2D eigenvalue weighted by molar-refractivity contribution is 0.0638. The summed E-state index contributed by atoms with van der Waals surface area (Å²) in [6.07, 6.45) is 0.989. The molecule has 0 aliphatic carbocycles. The van der Waals surface area contributed by atoms with Crippen LogP contribution in [0.15, 0.2) is 42.5 Å². The average Bonchev–Trinajstić information content (AvgIpc) is 2.67. The molecule has 0 radical (unpaired) electrons. The number of carbonyl (C=O) groups is 1. The van der Waals surface area contributed by atoms with Crippen LogP contribution in [0.5, 0.6) is 0 Å². The van der Waals surface area contributed by atoms with Crippen molar-refractivity contribution in [3.63, 3.8) is 0 Å². The minimum Gasteiger partial charge on any atom is -0.388 e. The third-order valence-corrected chi connectivity index (χ3v) is 5.34. The van der Waals surface area contributed by atoms with Crippen molar-refractivity contribution < 1.29 is 4.79 Å². The van der Waals surface area contributed by atoms with Gasteiger partial charge in [-0.15, -0.1) is 0 Å². The smallest absolute Gasteiger partial charge is 0.255 e. The molecule has 2 aromatic carbocycles. The van der Waals surface area contributed by atoms with E-state index in [2.05, 4.69) is 22.3 Å². The molecule has 2 aromatic rings. The number of nitrogens with one attached hydrogen (secondary N) is 1. The fourth-order valence-electron chi connectivity index (χ4n) is 3.13. The number of anilines is 1. The van der Waals surface area contributed by atoms with Gasteiger partial charge in [-0.05, 0) is 42.3 Å². The largest absolute Gasteiger partial charge is 0.388 e. The van der Waals surface area contributed by atoms with Crippen LogP contribution >= 0.6 is 23.2 Å². The Hall–Kier alpha value is -1.75. The molecule has 26 heavy (non-hydrogen) atoms. The van der Waals surface area contributed by atoms with E-state index in [1.807, 2.05) is 30.1 Å². The van der Waals surface area contributed by atoms with E-state index in [1.165, 1.54) is 5.56 Å². The summed E-state index contributed by atoms with van der Waals surface area (Å²) in [5, 5.41) is 4.29. The van der Waals surface area contributed by atoms with Crippen LogP contribution in [0.25, 0.3) is 0 Å². The van der Waals surface area contributed by atoms with Gasteiger partial charge in [0.25, 0.3) is 5.91 Å². The van der Waals surface area contributed by atoms with E-state index in [1.54, 1.807) is 12.1 Å². The molecule has 3 rings (SSSR count). The highest BCUT2D eigenvalue weighted by Crippen LogP contribution is 2.22. The van der Waals surface area contributed by atoms with Gasteiger partial charge < -0.3 is 10.2 Å². The molecule has 0 saturated carbocycles. The van der Waals surface area contributed by atoms with Crippen LogP contribution in [-0.4, -0.2) is 55.5 Å². The first kappa shape index (κ1) is 19.0. The molecule has 1 aliphatic rings. The molecule has 1 heterocycles. The van der Waals surface area contributed by atoms with Crippen LogP contribution in [0.3, 0.4) is 0 Å². The Morgan fingerprint density at radius 3 is 2.35 bits per heavy atom. The number of nitrogens with zero attached hydrogens (tertiary/aromatic N) is 2. The van der Waals surface area contributed by atoms with Crippen LogP contribution in [0, 0.1) is 0 Å². The van der Waals surface area contributed by atoms with Crippen LogP contribution in [0.4, 0.5) is 5.69 Å². The molecule has 0 unspecified atom stereocenters. The van der Waals surface area contributed by atoms with Crippen LogP contribution in [-0.2, 0) is 6.42 Å². The van der Waals surface area contributed by atoms with Crippen LogP contribution in [0.1, 0.15) is 15.9 Å². The summed E-state index contributed by atoms with van der Waals surface area (Å²) >= 11 is 12.2. The molecule has 0 atom stereocenters.